The Labute approximate surface area is 155 Å². The summed E-state index contributed by atoms with van der Waals surface area (Å²) in [7, 11) is 1.58. The zero-order chi connectivity index (χ0) is 18.9. The monoisotopic (exact) mass is 362 g/mol. The van der Waals surface area contributed by atoms with Crippen LogP contribution in [0.2, 0.25) is 0 Å². The molecule has 0 aromatic heterocycles. The second kappa shape index (κ2) is 10.0. The molecule has 1 aliphatic rings. The quantitative estimate of drug-likeness (QED) is 0.746. The Balaban J connectivity index is 2.00. The van der Waals surface area contributed by atoms with Crippen molar-refractivity contribution in [1.29, 1.82) is 0 Å². The van der Waals surface area contributed by atoms with Crippen LogP contribution in [0.3, 0.4) is 0 Å². The number of nitrogens with one attached hydrogen (secondary N) is 2. The topological polar surface area (TPSA) is 73.9 Å². The molecule has 1 fully saturated rings. The van der Waals surface area contributed by atoms with E-state index in [1.807, 2.05) is 0 Å². The lowest BCUT2D eigenvalue weighted by Gasteiger charge is -2.28. The number of carbonyl (C=O) groups excluding carboxylic acids is 2. The van der Waals surface area contributed by atoms with Gasteiger partial charge >= 0.3 is 6.03 Å². The number of urea groups is 1. The zero-order valence-corrected chi connectivity index (χ0v) is 16.0. The minimum atomic E-state index is -0.252. The lowest BCUT2D eigenvalue weighted by molar-refractivity contribution is -0.119. The van der Waals surface area contributed by atoms with Gasteiger partial charge in [0, 0.05) is 31.7 Å². The highest BCUT2D eigenvalue weighted by Crippen LogP contribution is 2.33. The lowest BCUT2D eigenvalue weighted by Crippen LogP contribution is -2.37. The number of rotatable bonds is 8. The molecule has 144 valence electrons. The SMILES string of the molecule is CCN(CC)CCNC(=O)Nc1ccc(OC)c(N2CCCCC2=O)c1. The van der Waals surface area contributed by atoms with E-state index in [2.05, 4.69) is 29.4 Å². The maximum Gasteiger partial charge on any atom is 0.319 e. The zero-order valence-electron chi connectivity index (χ0n) is 16.0. The Morgan fingerprint density at radius 3 is 2.69 bits per heavy atom. The molecule has 0 radical (unpaired) electrons. The summed E-state index contributed by atoms with van der Waals surface area (Å²) in [5.74, 6) is 0.725. The summed E-state index contributed by atoms with van der Waals surface area (Å²) < 4.78 is 5.40. The smallest absolute Gasteiger partial charge is 0.319 e. The van der Waals surface area contributed by atoms with Crippen LogP contribution in [0.25, 0.3) is 0 Å². The van der Waals surface area contributed by atoms with E-state index >= 15 is 0 Å². The first kappa shape index (κ1) is 20.0. The molecule has 7 heteroatoms. The van der Waals surface area contributed by atoms with Gasteiger partial charge in [-0.15, -0.1) is 0 Å². The number of amides is 3. The van der Waals surface area contributed by atoms with E-state index in [0.717, 1.165) is 32.5 Å². The molecule has 2 rings (SSSR count). The molecule has 1 aliphatic heterocycles. The highest BCUT2D eigenvalue weighted by molar-refractivity contribution is 5.97. The lowest BCUT2D eigenvalue weighted by atomic mass is 10.1. The van der Waals surface area contributed by atoms with E-state index < -0.39 is 0 Å². The van der Waals surface area contributed by atoms with Crippen molar-refractivity contribution in [2.75, 3.05) is 50.1 Å². The fourth-order valence-electron chi connectivity index (χ4n) is 3.08. The maximum atomic E-state index is 12.2. The second-order valence-corrected chi connectivity index (χ2v) is 6.30. The second-order valence-electron chi connectivity index (χ2n) is 6.30. The molecule has 0 saturated carbocycles. The summed E-state index contributed by atoms with van der Waals surface area (Å²) in [6.07, 6.45) is 2.44. The van der Waals surface area contributed by atoms with Gasteiger partial charge in [0.1, 0.15) is 5.75 Å². The number of benzene rings is 1. The molecule has 0 bridgehead atoms. The van der Waals surface area contributed by atoms with Gasteiger partial charge in [-0.3, -0.25) is 4.79 Å². The van der Waals surface area contributed by atoms with Crippen LogP contribution in [0.1, 0.15) is 33.1 Å². The van der Waals surface area contributed by atoms with Crippen molar-refractivity contribution in [2.45, 2.75) is 33.1 Å². The third-order valence-corrected chi connectivity index (χ3v) is 4.66. The van der Waals surface area contributed by atoms with E-state index in [4.69, 9.17) is 4.74 Å². The first-order valence-electron chi connectivity index (χ1n) is 9.34. The van der Waals surface area contributed by atoms with Crippen molar-refractivity contribution in [3.05, 3.63) is 18.2 Å². The van der Waals surface area contributed by atoms with E-state index in [-0.39, 0.29) is 11.9 Å². The van der Waals surface area contributed by atoms with Crippen LogP contribution in [0.15, 0.2) is 18.2 Å². The minimum Gasteiger partial charge on any atom is -0.495 e. The van der Waals surface area contributed by atoms with E-state index in [0.29, 0.717) is 36.6 Å². The van der Waals surface area contributed by atoms with Gasteiger partial charge in [0.25, 0.3) is 0 Å². The Bertz CT molecular complexity index is 617. The van der Waals surface area contributed by atoms with Gasteiger partial charge in [-0.1, -0.05) is 13.8 Å². The molecule has 1 saturated heterocycles. The average molecular weight is 362 g/mol. The van der Waals surface area contributed by atoms with Crippen LogP contribution in [-0.2, 0) is 4.79 Å². The van der Waals surface area contributed by atoms with Gasteiger partial charge in [-0.2, -0.15) is 0 Å². The molecular weight excluding hydrogens is 332 g/mol. The molecule has 0 aliphatic carbocycles. The number of carbonyl (C=O) groups is 2. The van der Waals surface area contributed by atoms with Crippen molar-refractivity contribution in [1.82, 2.24) is 10.2 Å². The molecule has 1 aromatic rings. The van der Waals surface area contributed by atoms with Crippen molar-refractivity contribution in [2.24, 2.45) is 0 Å². The fourth-order valence-corrected chi connectivity index (χ4v) is 3.08. The Kier molecular flexibility index (Phi) is 7.72. The van der Waals surface area contributed by atoms with Crippen LogP contribution in [-0.4, -0.2) is 56.7 Å². The van der Waals surface area contributed by atoms with Crippen LogP contribution >= 0.6 is 0 Å². The van der Waals surface area contributed by atoms with E-state index in [1.54, 1.807) is 30.2 Å². The highest BCUT2D eigenvalue weighted by Gasteiger charge is 2.23. The predicted molar refractivity (Wildman–Crippen MR) is 104 cm³/mol. The summed E-state index contributed by atoms with van der Waals surface area (Å²) >= 11 is 0. The Morgan fingerprint density at radius 2 is 2.04 bits per heavy atom. The summed E-state index contributed by atoms with van der Waals surface area (Å²) in [5.41, 5.74) is 1.35. The number of ether oxygens (including phenoxy) is 1. The normalized spacial score (nSPS) is 14.5. The van der Waals surface area contributed by atoms with Gasteiger partial charge < -0.3 is 25.2 Å². The van der Waals surface area contributed by atoms with Gasteiger partial charge in [-0.25, -0.2) is 4.79 Å². The van der Waals surface area contributed by atoms with Crippen LogP contribution < -0.4 is 20.3 Å². The molecular formula is C19H30N4O3. The molecule has 0 spiro atoms. The summed E-state index contributed by atoms with van der Waals surface area (Å²) in [6, 6.07) is 5.11. The summed E-state index contributed by atoms with van der Waals surface area (Å²) in [4.78, 5) is 28.3. The summed E-state index contributed by atoms with van der Waals surface area (Å²) in [5, 5.41) is 5.70. The Morgan fingerprint density at radius 1 is 1.27 bits per heavy atom. The molecule has 1 heterocycles. The first-order valence-corrected chi connectivity index (χ1v) is 9.34. The standard InChI is InChI=1S/C19H30N4O3/c1-4-22(5-2)13-11-20-19(25)21-15-9-10-17(26-3)16(14-15)23-12-7-6-8-18(23)24/h9-10,14H,4-8,11-13H2,1-3H3,(H2,20,21,25). The molecule has 0 unspecified atom stereocenters. The third-order valence-electron chi connectivity index (χ3n) is 4.66. The van der Waals surface area contributed by atoms with Gasteiger partial charge in [0.2, 0.25) is 5.91 Å². The number of hydrogen-bond donors (Lipinski definition) is 2. The van der Waals surface area contributed by atoms with E-state index in [1.165, 1.54) is 0 Å². The number of methoxy groups -OCH3 is 1. The van der Waals surface area contributed by atoms with Crippen molar-refractivity contribution < 1.29 is 14.3 Å². The average Bonchev–Trinajstić information content (AvgIpc) is 2.65. The molecule has 1 aromatic carbocycles. The van der Waals surface area contributed by atoms with Crippen LogP contribution in [0.5, 0.6) is 5.75 Å². The molecule has 0 atom stereocenters. The van der Waals surface area contributed by atoms with Crippen LogP contribution in [0, 0.1) is 0 Å². The molecule has 26 heavy (non-hydrogen) atoms. The molecule has 7 nitrogen and oxygen atoms in total. The number of nitrogens with zero attached hydrogens (tertiary/aromatic N) is 2. The van der Waals surface area contributed by atoms with Crippen LogP contribution in [0.4, 0.5) is 16.2 Å². The number of likely N-dealkylation sites (N-methyl/N-ethyl adjacent to an activating group) is 1. The number of hydrogen-bond acceptors (Lipinski definition) is 4. The number of piperidine rings is 1. The van der Waals surface area contributed by atoms with Gasteiger partial charge in [0.15, 0.2) is 0 Å². The van der Waals surface area contributed by atoms with Gasteiger partial charge in [0.05, 0.1) is 12.8 Å². The van der Waals surface area contributed by atoms with E-state index in [9.17, 15) is 9.59 Å². The first-order chi connectivity index (χ1) is 12.6. The van der Waals surface area contributed by atoms with Gasteiger partial charge in [-0.05, 0) is 44.1 Å². The fraction of sp³-hybridized carbons (Fsp3) is 0.579. The third kappa shape index (κ3) is 5.36. The summed E-state index contributed by atoms with van der Waals surface area (Å²) in [6.45, 7) is 8.21. The highest BCUT2D eigenvalue weighted by atomic mass is 16.5. The molecule has 3 amide bonds. The minimum absolute atomic E-state index is 0.0929. The van der Waals surface area contributed by atoms with Crippen molar-refractivity contribution in [3.8, 4) is 5.75 Å². The maximum absolute atomic E-state index is 12.2. The largest absolute Gasteiger partial charge is 0.495 e. The Hall–Kier alpha value is -2.28. The molecule has 2 N–H and O–H groups in total. The number of anilines is 2. The predicted octanol–water partition coefficient (Wildman–Crippen LogP) is 2.68. The van der Waals surface area contributed by atoms with Crippen molar-refractivity contribution >= 4 is 23.3 Å². The van der Waals surface area contributed by atoms with Crippen molar-refractivity contribution in [3.63, 3.8) is 0 Å².